The van der Waals surface area contributed by atoms with Gasteiger partial charge in [-0.1, -0.05) is 26.8 Å². The smallest absolute Gasteiger partial charge is 0.0305 e. The molecule has 15 heavy (non-hydrogen) atoms. The van der Waals surface area contributed by atoms with E-state index in [-0.39, 0.29) is 5.41 Å². The van der Waals surface area contributed by atoms with Gasteiger partial charge in [-0.15, -0.1) is 0 Å². The molecule has 1 saturated heterocycles. The maximum atomic E-state index is 4.37. The van der Waals surface area contributed by atoms with Crippen molar-refractivity contribution in [3.05, 3.63) is 29.6 Å². The second-order valence-electron chi connectivity index (χ2n) is 5.45. The van der Waals surface area contributed by atoms with Crippen LogP contribution >= 0.6 is 0 Å². The normalized spacial score (nSPS) is 21.9. The molecule has 0 radical (unpaired) electrons. The molecule has 2 heteroatoms. The summed E-state index contributed by atoms with van der Waals surface area (Å²) in [6.45, 7) is 8.96. The predicted octanol–water partition coefficient (Wildman–Crippen LogP) is 2.46. The van der Waals surface area contributed by atoms with Crippen molar-refractivity contribution < 1.29 is 0 Å². The van der Waals surface area contributed by atoms with E-state index in [2.05, 4.69) is 37.1 Å². The van der Waals surface area contributed by atoms with Crippen LogP contribution in [0, 0.1) is 0 Å². The number of hydrogen-bond donors (Lipinski definition) is 1. The van der Waals surface area contributed by atoms with E-state index in [0.717, 1.165) is 13.1 Å². The van der Waals surface area contributed by atoms with Crippen LogP contribution in [0.3, 0.4) is 0 Å². The molecule has 2 rings (SSSR count). The lowest BCUT2D eigenvalue weighted by molar-refractivity contribution is 0.584. The van der Waals surface area contributed by atoms with Crippen LogP contribution in [0.15, 0.2) is 18.5 Å². The zero-order chi connectivity index (χ0) is 10.9. The first kappa shape index (κ1) is 10.6. The van der Waals surface area contributed by atoms with Crippen LogP contribution in [0.25, 0.3) is 0 Å². The molecule has 0 spiro atoms. The van der Waals surface area contributed by atoms with Gasteiger partial charge in [0.05, 0.1) is 0 Å². The molecule has 2 heterocycles. The first-order chi connectivity index (χ1) is 7.07. The fourth-order valence-electron chi connectivity index (χ4n) is 2.03. The summed E-state index contributed by atoms with van der Waals surface area (Å²) in [6, 6.07) is 2.32. The highest BCUT2D eigenvalue weighted by atomic mass is 14.9. The fraction of sp³-hybridized carbons (Fsp3) is 0.615. The fourth-order valence-corrected chi connectivity index (χ4v) is 2.03. The quantitative estimate of drug-likeness (QED) is 0.760. The molecule has 0 amide bonds. The summed E-state index contributed by atoms with van der Waals surface area (Å²) < 4.78 is 0. The topological polar surface area (TPSA) is 24.9 Å². The van der Waals surface area contributed by atoms with E-state index in [1.165, 1.54) is 17.5 Å². The number of rotatable bonds is 1. The molecule has 1 aromatic heterocycles. The van der Waals surface area contributed by atoms with Gasteiger partial charge < -0.3 is 5.32 Å². The Morgan fingerprint density at radius 2 is 2.13 bits per heavy atom. The summed E-state index contributed by atoms with van der Waals surface area (Å²) in [5.41, 5.74) is 2.94. The Hall–Kier alpha value is -0.890. The van der Waals surface area contributed by atoms with Gasteiger partial charge in [-0.3, -0.25) is 4.98 Å². The van der Waals surface area contributed by atoms with E-state index < -0.39 is 0 Å². The van der Waals surface area contributed by atoms with E-state index >= 15 is 0 Å². The van der Waals surface area contributed by atoms with Crippen LogP contribution in [0.5, 0.6) is 0 Å². The highest BCUT2D eigenvalue weighted by Gasteiger charge is 2.20. The molecule has 1 aliphatic heterocycles. The standard InChI is InChI=1S/C13H20N2/c1-13(2,3)12-6-11(8-15-9-12)10-4-5-14-7-10/h6,8-10,14H,4-5,7H2,1-3H3. The summed E-state index contributed by atoms with van der Waals surface area (Å²) in [4.78, 5) is 4.37. The molecule has 1 fully saturated rings. The van der Waals surface area contributed by atoms with Gasteiger partial charge >= 0.3 is 0 Å². The molecule has 82 valence electrons. The summed E-state index contributed by atoms with van der Waals surface area (Å²) in [7, 11) is 0. The van der Waals surface area contributed by atoms with Crippen LogP contribution in [0.1, 0.15) is 44.2 Å². The number of nitrogens with zero attached hydrogens (tertiary/aromatic N) is 1. The number of pyridine rings is 1. The molecule has 0 aliphatic carbocycles. The summed E-state index contributed by atoms with van der Waals surface area (Å²) in [5.74, 6) is 0.666. The number of nitrogens with one attached hydrogen (secondary N) is 1. The molecule has 0 aromatic carbocycles. The van der Waals surface area contributed by atoms with Gasteiger partial charge in [0.2, 0.25) is 0 Å². The van der Waals surface area contributed by atoms with Crippen LogP contribution in [-0.2, 0) is 5.41 Å². The Labute approximate surface area is 92.1 Å². The number of aromatic nitrogens is 1. The van der Waals surface area contributed by atoms with E-state index in [4.69, 9.17) is 0 Å². The molecule has 1 aromatic rings. The Morgan fingerprint density at radius 1 is 1.33 bits per heavy atom. The van der Waals surface area contributed by atoms with E-state index in [9.17, 15) is 0 Å². The van der Waals surface area contributed by atoms with Crippen molar-refractivity contribution in [3.8, 4) is 0 Å². The molecule has 0 bridgehead atoms. The van der Waals surface area contributed by atoms with Gasteiger partial charge in [0.1, 0.15) is 0 Å². The Kier molecular flexibility index (Phi) is 2.79. The van der Waals surface area contributed by atoms with Gasteiger partial charge in [0, 0.05) is 18.9 Å². The average Bonchev–Trinajstić information content (AvgIpc) is 2.69. The summed E-state index contributed by atoms with van der Waals surface area (Å²) in [5, 5.41) is 3.40. The molecular weight excluding hydrogens is 184 g/mol. The first-order valence-electron chi connectivity index (χ1n) is 5.73. The van der Waals surface area contributed by atoms with Crippen LogP contribution in [0.2, 0.25) is 0 Å². The summed E-state index contributed by atoms with van der Waals surface area (Å²) in [6.07, 6.45) is 5.26. The highest BCUT2D eigenvalue weighted by molar-refractivity contribution is 5.27. The molecular formula is C13H20N2. The van der Waals surface area contributed by atoms with Crippen LogP contribution in [0.4, 0.5) is 0 Å². The third-order valence-electron chi connectivity index (χ3n) is 3.16. The van der Waals surface area contributed by atoms with Crippen molar-refractivity contribution in [2.45, 2.75) is 38.5 Å². The lowest BCUT2D eigenvalue weighted by Gasteiger charge is -2.20. The minimum Gasteiger partial charge on any atom is -0.316 e. The maximum absolute atomic E-state index is 4.37. The van der Waals surface area contributed by atoms with Gasteiger partial charge in [0.15, 0.2) is 0 Å². The van der Waals surface area contributed by atoms with E-state index in [0.29, 0.717) is 5.92 Å². The highest BCUT2D eigenvalue weighted by Crippen LogP contribution is 2.27. The Morgan fingerprint density at radius 3 is 2.73 bits per heavy atom. The van der Waals surface area contributed by atoms with Crippen molar-refractivity contribution in [3.63, 3.8) is 0 Å². The van der Waals surface area contributed by atoms with Crippen molar-refractivity contribution >= 4 is 0 Å². The maximum Gasteiger partial charge on any atom is 0.0305 e. The Balaban J connectivity index is 2.26. The van der Waals surface area contributed by atoms with Gasteiger partial charge in [-0.05, 0) is 35.4 Å². The molecule has 1 unspecified atom stereocenters. The van der Waals surface area contributed by atoms with Crippen LogP contribution in [-0.4, -0.2) is 18.1 Å². The van der Waals surface area contributed by atoms with Gasteiger partial charge in [-0.25, -0.2) is 0 Å². The largest absolute Gasteiger partial charge is 0.316 e. The van der Waals surface area contributed by atoms with Crippen LogP contribution < -0.4 is 5.32 Å². The zero-order valence-corrected chi connectivity index (χ0v) is 9.88. The minimum atomic E-state index is 0.203. The average molecular weight is 204 g/mol. The molecule has 1 N–H and O–H groups in total. The SMILES string of the molecule is CC(C)(C)c1cncc(C2CCNC2)c1. The summed E-state index contributed by atoms with van der Waals surface area (Å²) >= 11 is 0. The molecule has 1 atom stereocenters. The number of hydrogen-bond acceptors (Lipinski definition) is 2. The second-order valence-corrected chi connectivity index (χ2v) is 5.45. The molecule has 0 saturated carbocycles. The van der Waals surface area contributed by atoms with Gasteiger partial charge in [-0.2, -0.15) is 0 Å². The van der Waals surface area contributed by atoms with Crippen molar-refractivity contribution in [1.82, 2.24) is 10.3 Å². The second kappa shape index (κ2) is 3.93. The molecule has 2 nitrogen and oxygen atoms in total. The lowest BCUT2D eigenvalue weighted by atomic mass is 9.86. The first-order valence-corrected chi connectivity index (χ1v) is 5.73. The predicted molar refractivity (Wildman–Crippen MR) is 63.2 cm³/mol. The van der Waals surface area contributed by atoms with Crippen molar-refractivity contribution in [1.29, 1.82) is 0 Å². The lowest BCUT2D eigenvalue weighted by Crippen LogP contribution is -2.13. The van der Waals surface area contributed by atoms with Crippen molar-refractivity contribution in [2.24, 2.45) is 0 Å². The Bertz CT molecular complexity index is 333. The van der Waals surface area contributed by atoms with E-state index in [1.807, 2.05) is 12.4 Å². The van der Waals surface area contributed by atoms with Gasteiger partial charge in [0.25, 0.3) is 0 Å². The molecule has 1 aliphatic rings. The monoisotopic (exact) mass is 204 g/mol. The third kappa shape index (κ3) is 2.37. The van der Waals surface area contributed by atoms with E-state index in [1.54, 1.807) is 0 Å². The minimum absolute atomic E-state index is 0.203. The zero-order valence-electron chi connectivity index (χ0n) is 9.88. The third-order valence-corrected chi connectivity index (χ3v) is 3.16. The van der Waals surface area contributed by atoms with Crippen molar-refractivity contribution in [2.75, 3.05) is 13.1 Å².